The molecular formula is C10H11ClN2O2. The number of rotatable bonds is 1. The van der Waals surface area contributed by atoms with Crippen molar-refractivity contribution in [3.05, 3.63) is 28.3 Å². The van der Waals surface area contributed by atoms with E-state index >= 15 is 0 Å². The summed E-state index contributed by atoms with van der Waals surface area (Å²) in [4.78, 5) is 11.0. The quantitative estimate of drug-likeness (QED) is 0.756. The average Bonchev–Trinajstić information content (AvgIpc) is 2.18. The number of carbonyl (C=O) groups excluding carboxylic acids is 1. The lowest BCUT2D eigenvalue weighted by Gasteiger charge is -2.23. The molecule has 0 fully saturated rings. The van der Waals surface area contributed by atoms with Crippen LogP contribution in [-0.2, 0) is 0 Å². The maximum atomic E-state index is 11.0. The summed E-state index contributed by atoms with van der Waals surface area (Å²) in [5, 5.41) is 0.321. The van der Waals surface area contributed by atoms with Crippen molar-refractivity contribution in [2.75, 3.05) is 6.61 Å². The highest BCUT2D eigenvalue weighted by molar-refractivity contribution is 6.34. The molecule has 0 bridgehead atoms. The predicted molar refractivity (Wildman–Crippen MR) is 57.0 cm³/mol. The summed E-state index contributed by atoms with van der Waals surface area (Å²) in [6, 6.07) is 3.12. The highest BCUT2D eigenvalue weighted by Gasteiger charge is 2.21. The van der Waals surface area contributed by atoms with Gasteiger partial charge >= 0.3 is 0 Å². The number of amides is 1. The van der Waals surface area contributed by atoms with Crippen molar-refractivity contribution < 1.29 is 9.53 Å². The first-order valence-electron chi connectivity index (χ1n) is 4.61. The molecule has 1 heterocycles. The zero-order valence-electron chi connectivity index (χ0n) is 8.00. The lowest BCUT2D eigenvalue weighted by atomic mass is 9.99. The Morgan fingerprint density at radius 2 is 2.27 bits per heavy atom. The lowest BCUT2D eigenvalue weighted by Crippen LogP contribution is -2.21. The largest absolute Gasteiger partial charge is 0.493 e. The number of benzene rings is 1. The van der Waals surface area contributed by atoms with Crippen molar-refractivity contribution in [3.8, 4) is 5.75 Å². The third-order valence-electron chi connectivity index (χ3n) is 2.45. The van der Waals surface area contributed by atoms with Crippen LogP contribution in [0.3, 0.4) is 0 Å². The zero-order valence-corrected chi connectivity index (χ0v) is 8.75. The molecule has 1 aliphatic rings. The topological polar surface area (TPSA) is 78.3 Å². The van der Waals surface area contributed by atoms with Crippen LogP contribution < -0.4 is 16.2 Å². The van der Waals surface area contributed by atoms with Gasteiger partial charge in [-0.1, -0.05) is 11.6 Å². The number of primary amides is 1. The predicted octanol–water partition coefficient (Wildman–Crippen LogP) is 1.22. The van der Waals surface area contributed by atoms with Crippen LogP contribution in [0.4, 0.5) is 0 Å². The molecule has 1 amide bonds. The molecule has 4 nitrogen and oxygen atoms in total. The van der Waals surface area contributed by atoms with Gasteiger partial charge in [0.2, 0.25) is 5.91 Å². The van der Waals surface area contributed by atoms with Crippen LogP contribution in [-0.4, -0.2) is 12.5 Å². The van der Waals surface area contributed by atoms with E-state index in [0.717, 1.165) is 12.0 Å². The van der Waals surface area contributed by atoms with Gasteiger partial charge in [0.1, 0.15) is 5.75 Å². The van der Waals surface area contributed by atoms with Crippen LogP contribution in [0, 0.1) is 0 Å². The van der Waals surface area contributed by atoms with Gasteiger partial charge in [0.25, 0.3) is 0 Å². The first kappa shape index (κ1) is 10.3. The monoisotopic (exact) mass is 226 g/mol. The van der Waals surface area contributed by atoms with Crippen LogP contribution in [0.1, 0.15) is 28.4 Å². The van der Waals surface area contributed by atoms with Crippen LogP contribution >= 0.6 is 11.6 Å². The fourth-order valence-corrected chi connectivity index (χ4v) is 1.89. The Hall–Kier alpha value is -1.26. The van der Waals surface area contributed by atoms with E-state index in [9.17, 15) is 4.79 Å². The van der Waals surface area contributed by atoms with Gasteiger partial charge in [0.15, 0.2) is 0 Å². The number of fused-ring (bicyclic) bond motifs is 1. The molecule has 1 aromatic rings. The summed E-state index contributed by atoms with van der Waals surface area (Å²) >= 11 is 5.91. The molecule has 0 saturated heterocycles. The third-order valence-corrected chi connectivity index (χ3v) is 2.76. The van der Waals surface area contributed by atoms with E-state index in [4.69, 9.17) is 27.8 Å². The fourth-order valence-electron chi connectivity index (χ4n) is 1.62. The van der Waals surface area contributed by atoms with Crippen LogP contribution in [0.2, 0.25) is 5.02 Å². The molecule has 2 rings (SSSR count). The van der Waals surface area contributed by atoms with E-state index in [1.54, 1.807) is 12.1 Å². The summed E-state index contributed by atoms with van der Waals surface area (Å²) < 4.78 is 5.39. The molecule has 0 unspecified atom stereocenters. The molecule has 1 aliphatic heterocycles. The number of hydrogen-bond acceptors (Lipinski definition) is 3. The standard InChI is InChI=1S/C10H11ClN2O2/c11-7-3-6-8(12)1-2-15-9(6)4-5(7)10(13)14/h3-4,8H,1-2,12H2,(H2,13,14)/t8-/m1/s1. The smallest absolute Gasteiger partial charge is 0.250 e. The molecule has 0 aliphatic carbocycles. The van der Waals surface area contributed by atoms with Crippen molar-refractivity contribution in [2.24, 2.45) is 11.5 Å². The Balaban J connectivity index is 2.54. The van der Waals surface area contributed by atoms with Crippen LogP contribution in [0.15, 0.2) is 12.1 Å². The van der Waals surface area contributed by atoms with Crippen molar-refractivity contribution in [1.29, 1.82) is 0 Å². The van der Waals surface area contributed by atoms with Crippen LogP contribution in [0.5, 0.6) is 5.75 Å². The Bertz CT molecular complexity index is 420. The molecule has 0 saturated carbocycles. The van der Waals surface area contributed by atoms with E-state index in [0.29, 0.717) is 17.4 Å². The lowest BCUT2D eigenvalue weighted by molar-refractivity contribution is 0.0999. The second kappa shape index (κ2) is 3.72. The fraction of sp³-hybridized carbons (Fsp3) is 0.300. The second-order valence-electron chi connectivity index (χ2n) is 3.48. The third kappa shape index (κ3) is 1.78. The number of ether oxygens (including phenoxy) is 1. The van der Waals surface area contributed by atoms with Gasteiger partial charge < -0.3 is 16.2 Å². The first-order valence-corrected chi connectivity index (χ1v) is 4.99. The van der Waals surface area contributed by atoms with Gasteiger partial charge in [-0.05, 0) is 12.1 Å². The van der Waals surface area contributed by atoms with Crippen molar-refractivity contribution >= 4 is 17.5 Å². The minimum absolute atomic E-state index is 0.0897. The van der Waals surface area contributed by atoms with Crippen molar-refractivity contribution in [3.63, 3.8) is 0 Å². The summed E-state index contributed by atoms with van der Waals surface area (Å²) in [6.07, 6.45) is 0.749. The molecule has 4 N–H and O–H groups in total. The summed E-state index contributed by atoms with van der Waals surface area (Å²) in [6.45, 7) is 0.550. The van der Waals surface area contributed by atoms with E-state index in [1.165, 1.54) is 0 Å². The maximum Gasteiger partial charge on any atom is 0.250 e. The maximum absolute atomic E-state index is 11.0. The number of nitrogens with two attached hydrogens (primary N) is 2. The van der Waals surface area contributed by atoms with Gasteiger partial charge in [-0.3, -0.25) is 4.79 Å². The Morgan fingerprint density at radius 1 is 1.53 bits per heavy atom. The highest BCUT2D eigenvalue weighted by Crippen LogP contribution is 2.34. The summed E-state index contributed by atoms with van der Waals surface area (Å²) in [5.74, 6) is 0.0393. The zero-order chi connectivity index (χ0) is 11.0. The van der Waals surface area contributed by atoms with Crippen molar-refractivity contribution in [2.45, 2.75) is 12.5 Å². The van der Waals surface area contributed by atoms with E-state index in [2.05, 4.69) is 0 Å². The molecule has 0 aromatic heterocycles. The molecule has 80 valence electrons. The SMILES string of the molecule is NC(=O)c1cc2c(cc1Cl)[C@H](N)CCO2. The van der Waals surface area contributed by atoms with E-state index < -0.39 is 5.91 Å². The molecular weight excluding hydrogens is 216 g/mol. The highest BCUT2D eigenvalue weighted by atomic mass is 35.5. The minimum Gasteiger partial charge on any atom is -0.493 e. The van der Waals surface area contributed by atoms with Gasteiger partial charge in [0, 0.05) is 18.0 Å². The number of carbonyl (C=O) groups is 1. The average molecular weight is 227 g/mol. The van der Waals surface area contributed by atoms with Gasteiger partial charge in [-0.2, -0.15) is 0 Å². The molecule has 0 radical (unpaired) electrons. The minimum atomic E-state index is -0.564. The Kier molecular flexibility index (Phi) is 2.54. The van der Waals surface area contributed by atoms with Crippen LogP contribution in [0.25, 0.3) is 0 Å². The summed E-state index contributed by atoms with van der Waals surface area (Å²) in [7, 11) is 0. The summed E-state index contributed by atoms with van der Waals surface area (Å²) in [5.41, 5.74) is 12.2. The van der Waals surface area contributed by atoms with E-state index in [-0.39, 0.29) is 11.6 Å². The second-order valence-corrected chi connectivity index (χ2v) is 3.88. The molecule has 15 heavy (non-hydrogen) atoms. The van der Waals surface area contributed by atoms with Gasteiger partial charge in [-0.15, -0.1) is 0 Å². The molecule has 0 spiro atoms. The number of hydrogen-bond donors (Lipinski definition) is 2. The van der Waals surface area contributed by atoms with E-state index in [1.807, 2.05) is 0 Å². The molecule has 5 heteroatoms. The Labute approximate surface area is 92.1 Å². The van der Waals surface area contributed by atoms with Gasteiger partial charge in [0.05, 0.1) is 17.2 Å². The normalized spacial score (nSPS) is 19.2. The Morgan fingerprint density at radius 3 is 2.93 bits per heavy atom. The number of halogens is 1. The first-order chi connectivity index (χ1) is 7.09. The molecule has 1 aromatic carbocycles. The van der Waals surface area contributed by atoms with Gasteiger partial charge in [-0.25, -0.2) is 0 Å². The van der Waals surface area contributed by atoms with Crippen molar-refractivity contribution in [1.82, 2.24) is 0 Å². The molecule has 1 atom stereocenters.